The van der Waals surface area contributed by atoms with Crippen LogP contribution in [0.1, 0.15) is 12.0 Å². The molecule has 180 valence electrons. The molecule has 3 aromatic rings. The van der Waals surface area contributed by atoms with E-state index in [0.717, 1.165) is 44.0 Å². The third-order valence-electron chi connectivity index (χ3n) is 5.71. The van der Waals surface area contributed by atoms with Crippen LogP contribution in [0.4, 0.5) is 10.1 Å². The van der Waals surface area contributed by atoms with Gasteiger partial charge in [-0.15, -0.1) is 0 Å². The molecule has 2 heterocycles. The number of carbonyl (C=O) groups excluding carboxylic acids is 1. The second-order valence-corrected chi connectivity index (χ2v) is 8.56. The first-order chi connectivity index (χ1) is 16.5. The van der Waals surface area contributed by atoms with Gasteiger partial charge in [-0.3, -0.25) is 14.4 Å². The lowest BCUT2D eigenvalue weighted by Crippen LogP contribution is -2.38. The second kappa shape index (κ2) is 11.5. The van der Waals surface area contributed by atoms with E-state index in [1.54, 1.807) is 23.0 Å². The first-order valence-electron chi connectivity index (χ1n) is 11.3. The molecular formula is C25H28ClFN4O3. The Kier molecular flexibility index (Phi) is 8.16. The number of hydrogen-bond donors (Lipinski definition) is 1. The summed E-state index contributed by atoms with van der Waals surface area (Å²) >= 11 is 6.42. The number of hydrogen-bond acceptors (Lipinski definition) is 5. The predicted octanol–water partition coefficient (Wildman–Crippen LogP) is 4.16. The molecule has 1 N–H and O–H groups in total. The van der Waals surface area contributed by atoms with Crippen LogP contribution in [0.15, 0.2) is 48.7 Å². The van der Waals surface area contributed by atoms with Crippen molar-refractivity contribution < 1.29 is 18.7 Å². The molecule has 7 nitrogen and oxygen atoms in total. The number of benzene rings is 2. The normalized spacial score (nSPS) is 14.2. The number of nitrogens with one attached hydrogen (secondary N) is 1. The molecule has 1 amide bonds. The van der Waals surface area contributed by atoms with E-state index in [-0.39, 0.29) is 18.1 Å². The monoisotopic (exact) mass is 486 g/mol. The van der Waals surface area contributed by atoms with Gasteiger partial charge in [0.25, 0.3) is 0 Å². The maximum absolute atomic E-state index is 13.4. The Balaban J connectivity index is 1.45. The zero-order valence-corrected chi connectivity index (χ0v) is 19.9. The van der Waals surface area contributed by atoms with E-state index >= 15 is 0 Å². The summed E-state index contributed by atoms with van der Waals surface area (Å²) in [6.45, 7) is 4.57. The van der Waals surface area contributed by atoms with Gasteiger partial charge in [0.15, 0.2) is 0 Å². The highest BCUT2D eigenvalue weighted by Crippen LogP contribution is 2.36. The number of morpholine rings is 1. The van der Waals surface area contributed by atoms with Gasteiger partial charge in [0.1, 0.15) is 18.2 Å². The Bertz CT molecular complexity index is 1110. The standard InChI is InChI=1S/C25H28ClFN4O3/c1-30-25(22(26)17-28-30)21-16-20(29-24(32)8-5-18-3-2-4-19(27)15-18)6-7-23(21)34-14-11-31-9-12-33-13-10-31/h2-4,6-7,15-17H,5,8-14H2,1H3,(H,29,32). The highest BCUT2D eigenvalue weighted by Gasteiger charge is 2.17. The molecule has 0 spiro atoms. The van der Waals surface area contributed by atoms with E-state index in [4.69, 9.17) is 21.1 Å². The van der Waals surface area contributed by atoms with Crippen molar-refractivity contribution in [1.82, 2.24) is 14.7 Å². The summed E-state index contributed by atoms with van der Waals surface area (Å²) in [7, 11) is 1.81. The Labute approximate surface area is 203 Å². The lowest BCUT2D eigenvalue weighted by molar-refractivity contribution is -0.116. The fourth-order valence-corrected chi connectivity index (χ4v) is 4.18. The topological polar surface area (TPSA) is 68.6 Å². The van der Waals surface area contributed by atoms with Crippen molar-refractivity contribution in [3.63, 3.8) is 0 Å². The van der Waals surface area contributed by atoms with Crippen molar-refractivity contribution in [2.75, 3.05) is 44.8 Å². The van der Waals surface area contributed by atoms with Crippen molar-refractivity contribution in [2.45, 2.75) is 12.8 Å². The number of aryl methyl sites for hydroxylation is 2. The van der Waals surface area contributed by atoms with Crippen LogP contribution in [-0.4, -0.2) is 60.0 Å². The first-order valence-corrected chi connectivity index (χ1v) is 11.7. The summed E-state index contributed by atoms with van der Waals surface area (Å²) in [5, 5.41) is 7.65. The van der Waals surface area contributed by atoms with E-state index in [9.17, 15) is 9.18 Å². The van der Waals surface area contributed by atoms with Crippen LogP contribution in [0.3, 0.4) is 0 Å². The SMILES string of the molecule is Cn1ncc(Cl)c1-c1cc(NC(=O)CCc2cccc(F)c2)ccc1OCCN1CCOCC1. The number of amides is 1. The average Bonchev–Trinajstić information content (AvgIpc) is 3.17. The molecule has 1 saturated heterocycles. The largest absolute Gasteiger partial charge is 0.492 e. The maximum Gasteiger partial charge on any atom is 0.224 e. The highest BCUT2D eigenvalue weighted by atomic mass is 35.5. The van der Waals surface area contributed by atoms with Crippen LogP contribution in [0.5, 0.6) is 5.75 Å². The molecule has 34 heavy (non-hydrogen) atoms. The zero-order chi connectivity index (χ0) is 23.9. The molecule has 2 aromatic carbocycles. The van der Waals surface area contributed by atoms with Crippen molar-refractivity contribution in [3.8, 4) is 17.0 Å². The Morgan fingerprint density at radius 2 is 2.06 bits per heavy atom. The molecule has 1 aliphatic rings. The van der Waals surface area contributed by atoms with Gasteiger partial charge in [-0.1, -0.05) is 23.7 Å². The van der Waals surface area contributed by atoms with Crippen molar-refractivity contribution in [2.24, 2.45) is 7.05 Å². The number of carbonyl (C=O) groups is 1. The minimum atomic E-state index is -0.306. The molecule has 0 atom stereocenters. The molecule has 0 bridgehead atoms. The molecule has 1 aliphatic heterocycles. The molecule has 0 saturated carbocycles. The molecule has 9 heteroatoms. The average molecular weight is 487 g/mol. The Morgan fingerprint density at radius 3 is 2.79 bits per heavy atom. The van der Waals surface area contributed by atoms with Gasteiger partial charge in [-0.05, 0) is 42.3 Å². The Hall–Kier alpha value is -2.94. The summed E-state index contributed by atoms with van der Waals surface area (Å²) in [5.41, 5.74) is 2.85. The van der Waals surface area contributed by atoms with Crippen molar-refractivity contribution >= 4 is 23.2 Å². The van der Waals surface area contributed by atoms with Gasteiger partial charge in [0, 0.05) is 44.4 Å². The van der Waals surface area contributed by atoms with Crippen LogP contribution in [-0.2, 0) is 23.0 Å². The number of anilines is 1. The van der Waals surface area contributed by atoms with Crippen molar-refractivity contribution in [1.29, 1.82) is 0 Å². The lowest BCUT2D eigenvalue weighted by atomic mass is 10.1. The first kappa shape index (κ1) is 24.2. The van der Waals surface area contributed by atoms with Crippen LogP contribution >= 0.6 is 11.6 Å². The summed E-state index contributed by atoms with van der Waals surface area (Å²) in [6.07, 6.45) is 2.27. The highest BCUT2D eigenvalue weighted by molar-refractivity contribution is 6.33. The lowest BCUT2D eigenvalue weighted by Gasteiger charge is -2.26. The van der Waals surface area contributed by atoms with E-state index in [2.05, 4.69) is 15.3 Å². The number of ether oxygens (including phenoxy) is 2. The van der Waals surface area contributed by atoms with Gasteiger partial charge in [-0.2, -0.15) is 5.10 Å². The number of aromatic nitrogens is 2. The van der Waals surface area contributed by atoms with Gasteiger partial charge in [-0.25, -0.2) is 4.39 Å². The molecule has 1 aromatic heterocycles. The molecule has 0 radical (unpaired) electrons. The quantitative estimate of drug-likeness (QED) is 0.492. The molecule has 4 rings (SSSR count). The van der Waals surface area contributed by atoms with Crippen LogP contribution in [0, 0.1) is 5.82 Å². The third-order valence-corrected chi connectivity index (χ3v) is 5.99. The molecule has 0 aliphatic carbocycles. The third kappa shape index (κ3) is 6.34. The smallest absolute Gasteiger partial charge is 0.224 e. The fraction of sp³-hybridized carbons (Fsp3) is 0.360. The summed E-state index contributed by atoms with van der Waals surface area (Å²) < 4.78 is 26.6. The number of rotatable bonds is 9. The van der Waals surface area contributed by atoms with Gasteiger partial charge >= 0.3 is 0 Å². The van der Waals surface area contributed by atoms with Crippen LogP contribution in [0.2, 0.25) is 5.02 Å². The van der Waals surface area contributed by atoms with Gasteiger partial charge < -0.3 is 14.8 Å². The summed E-state index contributed by atoms with van der Waals surface area (Å²) in [5.74, 6) is 0.198. The summed E-state index contributed by atoms with van der Waals surface area (Å²) in [4.78, 5) is 14.8. The van der Waals surface area contributed by atoms with E-state index in [1.807, 2.05) is 25.2 Å². The zero-order valence-electron chi connectivity index (χ0n) is 19.1. The van der Waals surface area contributed by atoms with Gasteiger partial charge in [0.2, 0.25) is 5.91 Å². The van der Waals surface area contributed by atoms with E-state index in [1.165, 1.54) is 12.1 Å². The van der Waals surface area contributed by atoms with Crippen LogP contribution in [0.25, 0.3) is 11.3 Å². The fourth-order valence-electron chi connectivity index (χ4n) is 3.92. The molecular weight excluding hydrogens is 459 g/mol. The number of halogens is 2. The van der Waals surface area contributed by atoms with Crippen LogP contribution < -0.4 is 10.1 Å². The molecule has 1 fully saturated rings. The Morgan fingerprint density at radius 1 is 1.24 bits per heavy atom. The predicted molar refractivity (Wildman–Crippen MR) is 130 cm³/mol. The minimum absolute atomic E-state index is 0.160. The second-order valence-electron chi connectivity index (χ2n) is 8.16. The number of nitrogens with zero attached hydrogens (tertiary/aromatic N) is 3. The summed E-state index contributed by atoms with van der Waals surface area (Å²) in [6, 6.07) is 11.8. The maximum atomic E-state index is 13.4. The van der Waals surface area contributed by atoms with E-state index in [0.29, 0.717) is 35.2 Å². The van der Waals surface area contributed by atoms with Gasteiger partial charge in [0.05, 0.1) is 30.1 Å². The van der Waals surface area contributed by atoms with E-state index < -0.39 is 0 Å². The minimum Gasteiger partial charge on any atom is -0.492 e. The van der Waals surface area contributed by atoms with Crippen molar-refractivity contribution in [3.05, 3.63) is 65.1 Å². The molecule has 0 unspecified atom stereocenters.